The summed E-state index contributed by atoms with van der Waals surface area (Å²) in [6.07, 6.45) is 2.20. The molecule has 0 unspecified atom stereocenters. The summed E-state index contributed by atoms with van der Waals surface area (Å²) < 4.78 is 0. The van der Waals surface area contributed by atoms with Crippen molar-refractivity contribution in [1.29, 1.82) is 0 Å². The highest BCUT2D eigenvalue weighted by Crippen LogP contribution is 2.06. The molecule has 2 aromatic rings. The molecule has 0 aromatic heterocycles. The van der Waals surface area contributed by atoms with E-state index in [4.69, 9.17) is 5.73 Å². The third-order valence-corrected chi connectivity index (χ3v) is 3.74. The molecule has 0 fully saturated rings. The molecule has 0 spiro atoms. The van der Waals surface area contributed by atoms with Crippen LogP contribution in [0.5, 0.6) is 0 Å². The lowest BCUT2D eigenvalue weighted by atomic mass is 10.1. The van der Waals surface area contributed by atoms with E-state index in [2.05, 4.69) is 24.3 Å². The SMILES string of the molecule is NCCN(CCc1ccccc1)C(=O)CCc1ccccc1. The molecule has 0 aliphatic carbocycles. The van der Waals surface area contributed by atoms with Crippen LogP contribution in [0.3, 0.4) is 0 Å². The molecule has 0 aliphatic rings. The van der Waals surface area contributed by atoms with Gasteiger partial charge in [0.05, 0.1) is 0 Å². The molecule has 0 radical (unpaired) electrons. The van der Waals surface area contributed by atoms with Crippen LogP contribution in [0.15, 0.2) is 60.7 Å². The summed E-state index contributed by atoms with van der Waals surface area (Å²) in [7, 11) is 0. The number of benzene rings is 2. The van der Waals surface area contributed by atoms with Gasteiger partial charge in [0.1, 0.15) is 0 Å². The first-order valence-corrected chi connectivity index (χ1v) is 7.85. The smallest absolute Gasteiger partial charge is 0.222 e. The standard InChI is InChI=1S/C19H24N2O/c20-14-16-21(15-13-18-9-5-2-6-10-18)19(22)12-11-17-7-3-1-4-8-17/h1-10H,11-16,20H2. The molecular formula is C19H24N2O. The Bertz CT molecular complexity index is 554. The Morgan fingerprint density at radius 3 is 1.91 bits per heavy atom. The largest absolute Gasteiger partial charge is 0.341 e. The summed E-state index contributed by atoms with van der Waals surface area (Å²) in [5.41, 5.74) is 8.10. The number of nitrogens with zero attached hydrogens (tertiary/aromatic N) is 1. The van der Waals surface area contributed by atoms with Gasteiger partial charge in [0.25, 0.3) is 0 Å². The van der Waals surface area contributed by atoms with E-state index in [0.29, 0.717) is 19.5 Å². The van der Waals surface area contributed by atoms with E-state index in [9.17, 15) is 4.79 Å². The summed E-state index contributed by atoms with van der Waals surface area (Å²) in [6, 6.07) is 20.4. The first-order valence-electron chi connectivity index (χ1n) is 7.85. The van der Waals surface area contributed by atoms with Crippen molar-refractivity contribution in [3.63, 3.8) is 0 Å². The van der Waals surface area contributed by atoms with Crippen LogP contribution >= 0.6 is 0 Å². The highest BCUT2D eigenvalue weighted by Gasteiger charge is 2.12. The fraction of sp³-hybridized carbons (Fsp3) is 0.316. The first-order chi connectivity index (χ1) is 10.8. The second kappa shape index (κ2) is 9.00. The third kappa shape index (κ3) is 5.34. The zero-order valence-corrected chi connectivity index (χ0v) is 12.9. The van der Waals surface area contributed by atoms with Crippen LogP contribution in [0.2, 0.25) is 0 Å². The van der Waals surface area contributed by atoms with Gasteiger partial charge in [0, 0.05) is 26.1 Å². The highest BCUT2D eigenvalue weighted by atomic mass is 16.2. The summed E-state index contributed by atoms with van der Waals surface area (Å²) in [4.78, 5) is 14.3. The van der Waals surface area contributed by atoms with Crippen LogP contribution in [-0.2, 0) is 17.6 Å². The number of amides is 1. The van der Waals surface area contributed by atoms with Crippen molar-refractivity contribution in [1.82, 2.24) is 4.90 Å². The van der Waals surface area contributed by atoms with Gasteiger partial charge in [-0.2, -0.15) is 0 Å². The molecule has 3 nitrogen and oxygen atoms in total. The molecule has 0 aliphatic heterocycles. The predicted octanol–water partition coefficient (Wildman–Crippen LogP) is 2.65. The molecule has 2 aromatic carbocycles. The number of hydrogen-bond acceptors (Lipinski definition) is 2. The lowest BCUT2D eigenvalue weighted by molar-refractivity contribution is -0.131. The van der Waals surface area contributed by atoms with Gasteiger partial charge in [-0.1, -0.05) is 60.7 Å². The van der Waals surface area contributed by atoms with Gasteiger partial charge >= 0.3 is 0 Å². The second-order valence-corrected chi connectivity index (χ2v) is 5.39. The fourth-order valence-corrected chi connectivity index (χ4v) is 2.48. The Hall–Kier alpha value is -2.13. The second-order valence-electron chi connectivity index (χ2n) is 5.39. The highest BCUT2D eigenvalue weighted by molar-refractivity contribution is 5.76. The topological polar surface area (TPSA) is 46.3 Å². The van der Waals surface area contributed by atoms with Crippen LogP contribution in [0.25, 0.3) is 0 Å². The zero-order chi connectivity index (χ0) is 15.6. The van der Waals surface area contributed by atoms with Crippen LogP contribution in [0.4, 0.5) is 0 Å². The molecule has 3 heteroatoms. The molecule has 2 N–H and O–H groups in total. The third-order valence-electron chi connectivity index (χ3n) is 3.74. The van der Waals surface area contributed by atoms with Gasteiger partial charge in [-0.15, -0.1) is 0 Å². The van der Waals surface area contributed by atoms with Gasteiger partial charge in [-0.25, -0.2) is 0 Å². The molecule has 1 amide bonds. The monoisotopic (exact) mass is 296 g/mol. The Morgan fingerprint density at radius 1 is 0.818 bits per heavy atom. The number of hydrogen-bond donors (Lipinski definition) is 1. The maximum Gasteiger partial charge on any atom is 0.222 e. The Morgan fingerprint density at radius 2 is 1.36 bits per heavy atom. The quantitative estimate of drug-likeness (QED) is 0.814. The summed E-state index contributed by atoms with van der Waals surface area (Å²) in [5.74, 6) is 0.185. The van der Waals surface area contributed by atoms with Crippen molar-refractivity contribution in [2.75, 3.05) is 19.6 Å². The van der Waals surface area contributed by atoms with E-state index in [1.54, 1.807) is 0 Å². The van der Waals surface area contributed by atoms with Crippen LogP contribution in [0.1, 0.15) is 17.5 Å². The predicted molar refractivity (Wildman–Crippen MR) is 90.5 cm³/mol. The van der Waals surface area contributed by atoms with E-state index in [1.165, 1.54) is 11.1 Å². The molecule has 0 bridgehead atoms. The number of nitrogens with two attached hydrogens (primary N) is 1. The number of carbonyl (C=O) groups excluding carboxylic acids is 1. The van der Waals surface area contributed by atoms with Gasteiger partial charge < -0.3 is 10.6 Å². The average Bonchev–Trinajstić information content (AvgIpc) is 2.58. The minimum Gasteiger partial charge on any atom is -0.341 e. The number of rotatable bonds is 8. The average molecular weight is 296 g/mol. The van der Waals surface area contributed by atoms with Gasteiger partial charge in [0.15, 0.2) is 0 Å². The van der Waals surface area contributed by atoms with Crippen molar-refractivity contribution in [2.24, 2.45) is 5.73 Å². The van der Waals surface area contributed by atoms with Crippen molar-refractivity contribution in [3.8, 4) is 0 Å². The fourth-order valence-electron chi connectivity index (χ4n) is 2.48. The van der Waals surface area contributed by atoms with Crippen LogP contribution in [-0.4, -0.2) is 30.4 Å². The van der Waals surface area contributed by atoms with Crippen LogP contribution < -0.4 is 5.73 Å². The first kappa shape index (κ1) is 16.2. The maximum atomic E-state index is 12.4. The van der Waals surface area contributed by atoms with Gasteiger partial charge in [-0.3, -0.25) is 4.79 Å². The van der Waals surface area contributed by atoms with Crippen LogP contribution in [0, 0.1) is 0 Å². The van der Waals surface area contributed by atoms with Crippen molar-refractivity contribution >= 4 is 5.91 Å². The van der Waals surface area contributed by atoms with E-state index >= 15 is 0 Å². The van der Waals surface area contributed by atoms with Crippen molar-refractivity contribution < 1.29 is 4.79 Å². The molecule has 0 heterocycles. The number of aryl methyl sites for hydroxylation is 1. The van der Waals surface area contributed by atoms with E-state index in [-0.39, 0.29) is 5.91 Å². The summed E-state index contributed by atoms with van der Waals surface area (Å²) >= 11 is 0. The number of carbonyl (C=O) groups is 1. The lowest BCUT2D eigenvalue weighted by Crippen LogP contribution is -2.37. The van der Waals surface area contributed by atoms with Crippen molar-refractivity contribution in [3.05, 3.63) is 71.8 Å². The molecule has 0 atom stereocenters. The molecule has 116 valence electrons. The Labute approximate surface area is 132 Å². The van der Waals surface area contributed by atoms with E-state index < -0.39 is 0 Å². The molecular weight excluding hydrogens is 272 g/mol. The summed E-state index contributed by atoms with van der Waals surface area (Å²) in [5, 5.41) is 0. The Balaban J connectivity index is 1.85. The van der Waals surface area contributed by atoms with E-state index in [0.717, 1.165) is 19.4 Å². The van der Waals surface area contributed by atoms with Crippen molar-refractivity contribution in [2.45, 2.75) is 19.3 Å². The summed E-state index contributed by atoms with van der Waals surface area (Å²) in [6.45, 7) is 1.86. The lowest BCUT2D eigenvalue weighted by Gasteiger charge is -2.22. The Kier molecular flexibility index (Phi) is 6.65. The molecule has 0 saturated carbocycles. The molecule has 0 saturated heterocycles. The molecule has 22 heavy (non-hydrogen) atoms. The minimum atomic E-state index is 0.185. The minimum absolute atomic E-state index is 0.185. The van der Waals surface area contributed by atoms with Gasteiger partial charge in [0.2, 0.25) is 5.91 Å². The maximum absolute atomic E-state index is 12.4. The normalized spacial score (nSPS) is 10.4. The van der Waals surface area contributed by atoms with Gasteiger partial charge in [-0.05, 0) is 24.0 Å². The van der Waals surface area contributed by atoms with E-state index in [1.807, 2.05) is 41.3 Å². The zero-order valence-electron chi connectivity index (χ0n) is 12.9. The molecule has 2 rings (SSSR count).